The first-order chi connectivity index (χ1) is 5.35. The predicted octanol–water partition coefficient (Wildman–Crippen LogP) is 1.54. The molecule has 0 radical (unpaired) electrons. The number of unbranched alkanes of at least 4 members (excludes halogenated alkanes) is 1. The van der Waals surface area contributed by atoms with Gasteiger partial charge in [-0.25, -0.2) is 0 Å². The minimum Gasteiger partial charge on any atom is -0.395 e. The summed E-state index contributed by atoms with van der Waals surface area (Å²) in [4.78, 5) is 0. The Balaban J connectivity index is 3.25. The zero-order valence-corrected chi connectivity index (χ0v) is 7.77. The molecule has 2 N–H and O–H groups in total. The van der Waals surface area contributed by atoms with E-state index in [0.29, 0.717) is 6.04 Å². The maximum absolute atomic E-state index is 8.92. The molecule has 0 fully saturated rings. The van der Waals surface area contributed by atoms with Crippen LogP contribution < -0.4 is 5.32 Å². The first-order valence-electron chi connectivity index (χ1n) is 4.69. The standard InChI is InChI=1S/C9H21NO/c1-3-5-6-9(8-11)10-7-4-2/h9-11H,3-8H2,1-2H3. The Morgan fingerprint density at radius 2 is 2.00 bits per heavy atom. The Morgan fingerprint density at radius 3 is 2.45 bits per heavy atom. The molecule has 0 saturated carbocycles. The average molecular weight is 159 g/mol. The molecule has 1 atom stereocenters. The molecule has 0 aliphatic heterocycles. The molecule has 2 nitrogen and oxygen atoms in total. The van der Waals surface area contributed by atoms with Crippen LogP contribution in [0.2, 0.25) is 0 Å². The Labute approximate surface area is 70.0 Å². The van der Waals surface area contributed by atoms with Crippen LogP contribution in [0.5, 0.6) is 0 Å². The summed E-state index contributed by atoms with van der Waals surface area (Å²) in [6.45, 7) is 5.62. The molecule has 0 rings (SSSR count). The van der Waals surface area contributed by atoms with Crippen molar-refractivity contribution in [3.63, 3.8) is 0 Å². The van der Waals surface area contributed by atoms with Crippen molar-refractivity contribution in [2.24, 2.45) is 0 Å². The largest absolute Gasteiger partial charge is 0.395 e. The molecule has 0 aliphatic carbocycles. The predicted molar refractivity (Wildman–Crippen MR) is 48.7 cm³/mol. The average Bonchev–Trinajstić information content (AvgIpc) is 2.05. The summed E-state index contributed by atoms with van der Waals surface area (Å²) >= 11 is 0. The van der Waals surface area contributed by atoms with Crippen molar-refractivity contribution < 1.29 is 5.11 Å². The third kappa shape index (κ3) is 6.32. The Bertz CT molecular complexity index is 68.0. The van der Waals surface area contributed by atoms with E-state index < -0.39 is 0 Å². The van der Waals surface area contributed by atoms with Crippen molar-refractivity contribution in [1.82, 2.24) is 5.32 Å². The Morgan fingerprint density at radius 1 is 1.27 bits per heavy atom. The molecule has 0 amide bonds. The summed E-state index contributed by atoms with van der Waals surface area (Å²) in [5.74, 6) is 0. The van der Waals surface area contributed by atoms with E-state index in [2.05, 4.69) is 19.2 Å². The van der Waals surface area contributed by atoms with Crippen molar-refractivity contribution in [2.75, 3.05) is 13.2 Å². The fourth-order valence-corrected chi connectivity index (χ4v) is 1.06. The van der Waals surface area contributed by atoms with Gasteiger partial charge in [-0.1, -0.05) is 26.7 Å². The quantitative estimate of drug-likeness (QED) is 0.590. The maximum atomic E-state index is 8.92. The molecule has 0 aromatic heterocycles. The molecule has 0 spiro atoms. The minimum absolute atomic E-state index is 0.278. The van der Waals surface area contributed by atoms with E-state index in [1.807, 2.05) is 0 Å². The van der Waals surface area contributed by atoms with Gasteiger partial charge in [0.1, 0.15) is 0 Å². The van der Waals surface area contributed by atoms with Gasteiger partial charge in [-0.15, -0.1) is 0 Å². The van der Waals surface area contributed by atoms with Gasteiger partial charge in [-0.05, 0) is 19.4 Å². The van der Waals surface area contributed by atoms with Crippen LogP contribution in [-0.4, -0.2) is 24.3 Å². The van der Waals surface area contributed by atoms with Crippen LogP contribution in [0.4, 0.5) is 0 Å². The van der Waals surface area contributed by atoms with Gasteiger partial charge in [0.2, 0.25) is 0 Å². The molecule has 2 heteroatoms. The van der Waals surface area contributed by atoms with Crippen molar-refractivity contribution in [3.05, 3.63) is 0 Å². The van der Waals surface area contributed by atoms with E-state index in [1.165, 1.54) is 12.8 Å². The van der Waals surface area contributed by atoms with Gasteiger partial charge < -0.3 is 10.4 Å². The lowest BCUT2D eigenvalue weighted by molar-refractivity contribution is 0.234. The fraction of sp³-hybridized carbons (Fsp3) is 1.00. The van der Waals surface area contributed by atoms with Crippen LogP contribution in [0, 0.1) is 0 Å². The monoisotopic (exact) mass is 159 g/mol. The van der Waals surface area contributed by atoms with Crippen LogP contribution >= 0.6 is 0 Å². The van der Waals surface area contributed by atoms with Gasteiger partial charge in [0.25, 0.3) is 0 Å². The second-order valence-corrected chi connectivity index (χ2v) is 2.98. The molecule has 0 heterocycles. The normalized spacial score (nSPS) is 13.4. The highest BCUT2D eigenvalue weighted by molar-refractivity contribution is 4.63. The van der Waals surface area contributed by atoms with Crippen LogP contribution in [0.25, 0.3) is 0 Å². The summed E-state index contributed by atoms with van der Waals surface area (Å²) in [7, 11) is 0. The van der Waals surface area contributed by atoms with E-state index in [4.69, 9.17) is 5.11 Å². The van der Waals surface area contributed by atoms with E-state index in [0.717, 1.165) is 19.4 Å². The lowest BCUT2D eigenvalue weighted by Crippen LogP contribution is -2.32. The van der Waals surface area contributed by atoms with Gasteiger partial charge in [0.05, 0.1) is 6.61 Å². The smallest absolute Gasteiger partial charge is 0.0584 e. The Hall–Kier alpha value is -0.0800. The van der Waals surface area contributed by atoms with E-state index >= 15 is 0 Å². The van der Waals surface area contributed by atoms with E-state index in [9.17, 15) is 0 Å². The summed E-state index contributed by atoms with van der Waals surface area (Å²) in [5.41, 5.74) is 0. The molecule has 68 valence electrons. The molecular weight excluding hydrogens is 138 g/mol. The Kier molecular flexibility index (Phi) is 7.96. The zero-order chi connectivity index (χ0) is 8.53. The van der Waals surface area contributed by atoms with Crippen LogP contribution in [0.15, 0.2) is 0 Å². The zero-order valence-electron chi connectivity index (χ0n) is 7.77. The highest BCUT2D eigenvalue weighted by Gasteiger charge is 2.03. The second-order valence-electron chi connectivity index (χ2n) is 2.98. The van der Waals surface area contributed by atoms with E-state index in [-0.39, 0.29) is 6.61 Å². The summed E-state index contributed by atoms with van der Waals surface area (Å²) in [6.07, 6.45) is 4.67. The molecule has 1 unspecified atom stereocenters. The van der Waals surface area contributed by atoms with Gasteiger partial charge in [-0.2, -0.15) is 0 Å². The molecule has 0 bridgehead atoms. The molecule has 0 aromatic rings. The summed E-state index contributed by atoms with van der Waals surface area (Å²) in [5, 5.41) is 12.2. The molecule has 0 aliphatic rings. The maximum Gasteiger partial charge on any atom is 0.0584 e. The molecular formula is C9H21NO. The number of hydrogen-bond donors (Lipinski definition) is 2. The van der Waals surface area contributed by atoms with Crippen molar-refractivity contribution in [2.45, 2.75) is 45.6 Å². The fourth-order valence-electron chi connectivity index (χ4n) is 1.06. The number of hydrogen-bond acceptors (Lipinski definition) is 2. The molecule has 0 saturated heterocycles. The minimum atomic E-state index is 0.278. The highest BCUT2D eigenvalue weighted by Crippen LogP contribution is 1.99. The second kappa shape index (κ2) is 8.02. The molecule has 11 heavy (non-hydrogen) atoms. The SMILES string of the molecule is CCCCC(CO)NCCC. The van der Waals surface area contributed by atoms with Gasteiger partial charge in [0, 0.05) is 6.04 Å². The topological polar surface area (TPSA) is 32.3 Å². The van der Waals surface area contributed by atoms with Gasteiger partial charge in [0.15, 0.2) is 0 Å². The number of rotatable bonds is 7. The van der Waals surface area contributed by atoms with Crippen molar-refractivity contribution in [1.29, 1.82) is 0 Å². The third-order valence-corrected chi connectivity index (χ3v) is 1.81. The lowest BCUT2D eigenvalue weighted by atomic mass is 10.1. The van der Waals surface area contributed by atoms with Gasteiger partial charge >= 0.3 is 0 Å². The number of nitrogens with one attached hydrogen (secondary N) is 1. The first-order valence-corrected chi connectivity index (χ1v) is 4.69. The van der Waals surface area contributed by atoms with Gasteiger partial charge in [-0.3, -0.25) is 0 Å². The van der Waals surface area contributed by atoms with Crippen LogP contribution in [-0.2, 0) is 0 Å². The third-order valence-electron chi connectivity index (χ3n) is 1.81. The van der Waals surface area contributed by atoms with Crippen molar-refractivity contribution >= 4 is 0 Å². The molecule has 0 aromatic carbocycles. The first kappa shape index (κ1) is 10.9. The van der Waals surface area contributed by atoms with Crippen molar-refractivity contribution in [3.8, 4) is 0 Å². The van der Waals surface area contributed by atoms with Crippen LogP contribution in [0.1, 0.15) is 39.5 Å². The highest BCUT2D eigenvalue weighted by atomic mass is 16.3. The number of aliphatic hydroxyl groups is 1. The van der Waals surface area contributed by atoms with E-state index in [1.54, 1.807) is 0 Å². The number of aliphatic hydroxyl groups excluding tert-OH is 1. The van der Waals surface area contributed by atoms with Crippen LogP contribution in [0.3, 0.4) is 0 Å². The lowest BCUT2D eigenvalue weighted by Gasteiger charge is -2.14. The summed E-state index contributed by atoms with van der Waals surface area (Å²) < 4.78 is 0. The summed E-state index contributed by atoms with van der Waals surface area (Å²) in [6, 6.07) is 0.329.